The van der Waals surface area contributed by atoms with E-state index in [1.165, 1.54) is 19.2 Å². The smallest absolute Gasteiger partial charge is 0.240 e. The summed E-state index contributed by atoms with van der Waals surface area (Å²) in [5, 5.41) is 3.23. The van der Waals surface area contributed by atoms with Crippen molar-refractivity contribution in [2.45, 2.75) is 11.3 Å². The lowest BCUT2D eigenvalue weighted by molar-refractivity contribution is 0.187. The largest absolute Gasteiger partial charge is 0.397 e. The Morgan fingerprint density at radius 3 is 2.84 bits per heavy atom. The number of benzene rings is 1. The van der Waals surface area contributed by atoms with Gasteiger partial charge in [-0.05, 0) is 31.7 Å². The van der Waals surface area contributed by atoms with Crippen LogP contribution in [0.3, 0.4) is 0 Å². The second-order valence-electron chi connectivity index (χ2n) is 4.57. The third-order valence-electron chi connectivity index (χ3n) is 3.21. The number of nitrogens with one attached hydrogen (secondary N) is 2. The molecule has 7 heteroatoms. The van der Waals surface area contributed by atoms with Gasteiger partial charge in [0.05, 0.1) is 22.9 Å². The van der Waals surface area contributed by atoms with E-state index in [1.807, 2.05) is 0 Å². The lowest BCUT2D eigenvalue weighted by Gasteiger charge is -2.13. The summed E-state index contributed by atoms with van der Waals surface area (Å²) in [4.78, 5) is 0.169. The average molecular weight is 285 g/mol. The van der Waals surface area contributed by atoms with Crippen LogP contribution in [0.2, 0.25) is 0 Å². The molecule has 6 nitrogen and oxygen atoms in total. The standard InChI is InChI=1S/C12H19N3O3S/c1-14-19(16,17)10-2-3-12(11(13)6-10)15-7-9-4-5-18-8-9/h2-3,6,9,14-15H,4-5,7-8,13H2,1H3. The Bertz CT molecular complexity index is 539. The molecule has 106 valence electrons. The molecular weight excluding hydrogens is 266 g/mol. The lowest BCUT2D eigenvalue weighted by Crippen LogP contribution is -2.19. The van der Waals surface area contributed by atoms with E-state index in [0.717, 1.165) is 31.9 Å². The van der Waals surface area contributed by atoms with Crippen molar-refractivity contribution in [2.75, 3.05) is 37.9 Å². The first-order valence-electron chi connectivity index (χ1n) is 6.17. The summed E-state index contributed by atoms with van der Waals surface area (Å²) in [5.74, 6) is 0.486. The first-order chi connectivity index (χ1) is 9.03. The van der Waals surface area contributed by atoms with E-state index in [2.05, 4.69) is 10.0 Å². The Morgan fingerprint density at radius 2 is 2.26 bits per heavy atom. The molecule has 0 radical (unpaired) electrons. The fourth-order valence-electron chi connectivity index (χ4n) is 1.99. The van der Waals surface area contributed by atoms with E-state index in [1.54, 1.807) is 6.07 Å². The number of hydrogen-bond donors (Lipinski definition) is 3. The zero-order chi connectivity index (χ0) is 13.9. The van der Waals surface area contributed by atoms with Crippen molar-refractivity contribution in [3.05, 3.63) is 18.2 Å². The van der Waals surface area contributed by atoms with Crippen LogP contribution < -0.4 is 15.8 Å². The van der Waals surface area contributed by atoms with Gasteiger partial charge in [0.2, 0.25) is 10.0 Å². The molecular formula is C12H19N3O3S. The van der Waals surface area contributed by atoms with E-state index in [9.17, 15) is 8.42 Å². The van der Waals surface area contributed by atoms with Crippen LogP contribution >= 0.6 is 0 Å². The molecule has 0 aromatic heterocycles. The summed E-state index contributed by atoms with van der Waals surface area (Å²) in [6.07, 6.45) is 1.04. The summed E-state index contributed by atoms with van der Waals surface area (Å²) in [6.45, 7) is 2.35. The molecule has 1 aromatic rings. The van der Waals surface area contributed by atoms with Crippen molar-refractivity contribution in [1.82, 2.24) is 4.72 Å². The molecule has 0 aliphatic carbocycles. The Balaban J connectivity index is 2.06. The quantitative estimate of drug-likeness (QED) is 0.690. The molecule has 2 rings (SSSR count). The minimum Gasteiger partial charge on any atom is -0.397 e. The summed E-state index contributed by atoms with van der Waals surface area (Å²) in [7, 11) is -2.07. The second-order valence-corrected chi connectivity index (χ2v) is 6.45. The number of sulfonamides is 1. The first kappa shape index (κ1) is 14.1. The van der Waals surface area contributed by atoms with E-state index in [0.29, 0.717) is 11.6 Å². The van der Waals surface area contributed by atoms with Crippen molar-refractivity contribution >= 4 is 21.4 Å². The third-order valence-corrected chi connectivity index (χ3v) is 4.62. The molecule has 0 bridgehead atoms. The number of rotatable bonds is 5. The molecule has 19 heavy (non-hydrogen) atoms. The molecule has 0 amide bonds. The van der Waals surface area contributed by atoms with E-state index >= 15 is 0 Å². The SMILES string of the molecule is CNS(=O)(=O)c1ccc(NCC2CCOC2)c(N)c1. The molecule has 4 N–H and O–H groups in total. The minimum absolute atomic E-state index is 0.169. The maximum atomic E-state index is 11.6. The van der Waals surface area contributed by atoms with Gasteiger partial charge >= 0.3 is 0 Å². The third kappa shape index (κ3) is 3.37. The van der Waals surface area contributed by atoms with Crippen LogP contribution in [0, 0.1) is 5.92 Å². The van der Waals surface area contributed by atoms with Crippen LogP contribution in [0.4, 0.5) is 11.4 Å². The monoisotopic (exact) mass is 285 g/mol. The molecule has 1 aliphatic heterocycles. The van der Waals surface area contributed by atoms with Crippen LogP contribution in [0.5, 0.6) is 0 Å². The van der Waals surface area contributed by atoms with E-state index in [-0.39, 0.29) is 4.90 Å². The molecule has 0 saturated carbocycles. The minimum atomic E-state index is -3.45. The van der Waals surface area contributed by atoms with Crippen LogP contribution in [0.15, 0.2) is 23.1 Å². The number of nitrogens with two attached hydrogens (primary N) is 1. The number of ether oxygens (including phenoxy) is 1. The molecule has 1 heterocycles. The molecule has 1 aliphatic rings. The summed E-state index contributed by atoms with van der Waals surface area (Å²) in [5.41, 5.74) is 7.05. The Labute approximate surface area is 113 Å². The zero-order valence-electron chi connectivity index (χ0n) is 10.8. The van der Waals surface area contributed by atoms with E-state index in [4.69, 9.17) is 10.5 Å². The van der Waals surface area contributed by atoms with Gasteiger partial charge in [-0.15, -0.1) is 0 Å². The fourth-order valence-corrected chi connectivity index (χ4v) is 2.75. The van der Waals surface area contributed by atoms with Crippen molar-refractivity contribution in [2.24, 2.45) is 5.92 Å². The number of hydrogen-bond acceptors (Lipinski definition) is 5. The van der Waals surface area contributed by atoms with Gasteiger partial charge in [-0.1, -0.05) is 0 Å². The normalized spacial score (nSPS) is 19.5. The highest BCUT2D eigenvalue weighted by atomic mass is 32.2. The summed E-state index contributed by atoms with van der Waals surface area (Å²) in [6, 6.07) is 4.68. The van der Waals surface area contributed by atoms with Crippen molar-refractivity contribution < 1.29 is 13.2 Å². The first-order valence-corrected chi connectivity index (χ1v) is 7.66. The molecule has 0 spiro atoms. The zero-order valence-corrected chi connectivity index (χ0v) is 11.7. The van der Waals surface area contributed by atoms with Gasteiger partial charge in [0.25, 0.3) is 0 Å². The van der Waals surface area contributed by atoms with E-state index < -0.39 is 10.0 Å². The highest BCUT2D eigenvalue weighted by Crippen LogP contribution is 2.23. The van der Waals surface area contributed by atoms with Gasteiger partial charge in [-0.25, -0.2) is 13.1 Å². The van der Waals surface area contributed by atoms with Crippen molar-refractivity contribution in [3.8, 4) is 0 Å². The number of anilines is 2. The van der Waals surface area contributed by atoms with Gasteiger partial charge in [0, 0.05) is 19.1 Å². The molecule has 1 atom stereocenters. The Hall–Kier alpha value is -1.31. The van der Waals surface area contributed by atoms with Gasteiger partial charge in [0.1, 0.15) is 0 Å². The van der Waals surface area contributed by atoms with Gasteiger partial charge in [-0.2, -0.15) is 0 Å². The summed E-state index contributed by atoms with van der Waals surface area (Å²) >= 11 is 0. The topological polar surface area (TPSA) is 93.5 Å². The maximum Gasteiger partial charge on any atom is 0.240 e. The van der Waals surface area contributed by atoms with Gasteiger partial charge in [-0.3, -0.25) is 0 Å². The molecule has 1 unspecified atom stereocenters. The molecule has 1 fully saturated rings. The van der Waals surface area contributed by atoms with Crippen LogP contribution in [-0.4, -0.2) is 35.2 Å². The Morgan fingerprint density at radius 1 is 1.47 bits per heavy atom. The highest BCUT2D eigenvalue weighted by Gasteiger charge is 2.16. The Kier molecular flexibility index (Phi) is 4.28. The predicted molar refractivity (Wildman–Crippen MR) is 74.5 cm³/mol. The van der Waals surface area contributed by atoms with Crippen molar-refractivity contribution in [1.29, 1.82) is 0 Å². The fraction of sp³-hybridized carbons (Fsp3) is 0.500. The molecule has 1 aromatic carbocycles. The second kappa shape index (κ2) is 5.77. The van der Waals surface area contributed by atoms with Crippen LogP contribution in [0.1, 0.15) is 6.42 Å². The lowest BCUT2D eigenvalue weighted by atomic mass is 10.1. The average Bonchev–Trinajstić information content (AvgIpc) is 2.90. The van der Waals surface area contributed by atoms with Gasteiger partial charge in [0.15, 0.2) is 0 Å². The number of nitrogen functional groups attached to an aromatic ring is 1. The maximum absolute atomic E-state index is 11.6. The van der Waals surface area contributed by atoms with Crippen LogP contribution in [-0.2, 0) is 14.8 Å². The molecule has 1 saturated heterocycles. The van der Waals surface area contributed by atoms with Gasteiger partial charge < -0.3 is 15.8 Å². The highest BCUT2D eigenvalue weighted by molar-refractivity contribution is 7.89. The summed E-state index contributed by atoms with van der Waals surface area (Å²) < 4.78 is 30.8. The van der Waals surface area contributed by atoms with Crippen LogP contribution in [0.25, 0.3) is 0 Å². The predicted octanol–water partition coefficient (Wildman–Crippen LogP) is 0.625. The van der Waals surface area contributed by atoms with Crippen molar-refractivity contribution in [3.63, 3.8) is 0 Å².